The monoisotopic (exact) mass is 202 g/mol. The molecular weight excluding hydrogens is 188 g/mol. The molecule has 0 amide bonds. The Bertz CT molecular complexity index is 506. The van der Waals surface area contributed by atoms with Gasteiger partial charge in [-0.1, -0.05) is 12.1 Å². The highest BCUT2D eigenvalue weighted by Crippen LogP contribution is 2.21. The first-order valence-electron chi connectivity index (χ1n) is 4.91. The maximum absolute atomic E-state index is 5.55. The summed E-state index contributed by atoms with van der Waals surface area (Å²) in [6, 6.07) is 8.16. The average Bonchev–Trinajstić information content (AvgIpc) is 2.57. The third kappa shape index (κ3) is 2.04. The Morgan fingerprint density at radius 2 is 2.13 bits per heavy atom. The van der Waals surface area contributed by atoms with Crippen LogP contribution < -0.4 is 0 Å². The number of rotatable bonds is 2. The summed E-state index contributed by atoms with van der Waals surface area (Å²) in [6.07, 6.45) is 1.98. The zero-order valence-corrected chi connectivity index (χ0v) is 9.20. The fourth-order valence-corrected chi connectivity index (χ4v) is 1.56. The van der Waals surface area contributed by atoms with Gasteiger partial charge in [0, 0.05) is 5.39 Å². The largest absolute Gasteiger partial charge is 0.501 e. The zero-order valence-electron chi connectivity index (χ0n) is 9.20. The Kier molecular flexibility index (Phi) is 2.50. The van der Waals surface area contributed by atoms with Crippen molar-refractivity contribution in [1.82, 2.24) is 0 Å². The molecule has 0 aliphatic rings. The highest BCUT2D eigenvalue weighted by atomic mass is 16.5. The van der Waals surface area contributed by atoms with Crippen LogP contribution in [0.15, 0.2) is 34.4 Å². The molecule has 0 radical (unpaired) electrons. The van der Waals surface area contributed by atoms with Gasteiger partial charge in [0.15, 0.2) is 0 Å². The number of benzene rings is 1. The normalized spacial score (nSPS) is 12.1. The molecule has 2 aromatic rings. The fraction of sp³-hybridized carbons (Fsp3) is 0.231. The first-order valence-corrected chi connectivity index (χ1v) is 4.91. The lowest BCUT2D eigenvalue weighted by molar-refractivity contribution is 0.297. The summed E-state index contributed by atoms with van der Waals surface area (Å²) in [6.45, 7) is 3.88. The molecule has 0 saturated heterocycles. The highest BCUT2D eigenvalue weighted by Gasteiger charge is 2.00. The molecule has 15 heavy (non-hydrogen) atoms. The predicted molar refractivity (Wildman–Crippen MR) is 61.6 cm³/mol. The van der Waals surface area contributed by atoms with Crippen molar-refractivity contribution in [2.24, 2.45) is 0 Å². The standard InChI is InChI=1S/C13H14O2/c1-9(14-3)6-11-4-5-12-7-10(2)15-13(12)8-11/h4-8H,1-3H3/b9-6-. The van der Waals surface area contributed by atoms with Crippen LogP contribution in [0.1, 0.15) is 18.2 Å². The molecule has 1 heterocycles. The smallest absolute Gasteiger partial charge is 0.134 e. The van der Waals surface area contributed by atoms with E-state index in [1.54, 1.807) is 7.11 Å². The van der Waals surface area contributed by atoms with E-state index in [0.717, 1.165) is 28.1 Å². The molecule has 1 aromatic carbocycles. The number of furan rings is 1. The van der Waals surface area contributed by atoms with E-state index in [0.29, 0.717) is 0 Å². The summed E-state index contributed by atoms with van der Waals surface area (Å²) >= 11 is 0. The Morgan fingerprint density at radius 1 is 1.33 bits per heavy atom. The molecule has 0 fully saturated rings. The van der Waals surface area contributed by atoms with Crippen LogP contribution in [0, 0.1) is 6.92 Å². The Labute approximate surface area is 89.2 Å². The first-order chi connectivity index (χ1) is 7.19. The number of ether oxygens (including phenoxy) is 1. The van der Waals surface area contributed by atoms with Crippen molar-refractivity contribution in [2.75, 3.05) is 7.11 Å². The summed E-state index contributed by atoms with van der Waals surface area (Å²) < 4.78 is 10.7. The van der Waals surface area contributed by atoms with Crippen LogP contribution in [0.25, 0.3) is 17.0 Å². The Balaban J connectivity index is 2.46. The molecular formula is C13H14O2. The minimum Gasteiger partial charge on any atom is -0.501 e. The molecule has 0 spiro atoms. The second kappa shape index (κ2) is 3.81. The molecule has 0 N–H and O–H groups in total. The number of hydrogen-bond acceptors (Lipinski definition) is 2. The molecule has 1 aromatic heterocycles. The molecule has 0 unspecified atom stereocenters. The average molecular weight is 202 g/mol. The quantitative estimate of drug-likeness (QED) is 0.692. The summed E-state index contributed by atoms with van der Waals surface area (Å²) in [5.41, 5.74) is 2.02. The van der Waals surface area contributed by atoms with Gasteiger partial charge < -0.3 is 9.15 Å². The molecule has 0 saturated carbocycles. The summed E-state index contributed by atoms with van der Waals surface area (Å²) in [5.74, 6) is 1.83. The van der Waals surface area contributed by atoms with E-state index in [1.807, 2.05) is 32.1 Å². The van der Waals surface area contributed by atoms with Gasteiger partial charge in [0.2, 0.25) is 0 Å². The third-order valence-corrected chi connectivity index (χ3v) is 2.36. The third-order valence-electron chi connectivity index (χ3n) is 2.36. The van der Waals surface area contributed by atoms with E-state index >= 15 is 0 Å². The minimum atomic E-state index is 0.887. The van der Waals surface area contributed by atoms with Gasteiger partial charge in [0.25, 0.3) is 0 Å². The van der Waals surface area contributed by atoms with Crippen LogP contribution in [0.3, 0.4) is 0 Å². The van der Waals surface area contributed by atoms with E-state index in [1.165, 1.54) is 0 Å². The minimum absolute atomic E-state index is 0.887. The number of hydrogen-bond donors (Lipinski definition) is 0. The molecule has 0 atom stereocenters. The SMILES string of the molecule is CO/C(C)=C\c1ccc2cc(C)oc2c1. The predicted octanol–water partition coefficient (Wildman–Crippen LogP) is 3.75. The molecule has 2 nitrogen and oxygen atoms in total. The van der Waals surface area contributed by atoms with Crippen molar-refractivity contribution in [1.29, 1.82) is 0 Å². The second-order valence-corrected chi connectivity index (χ2v) is 3.61. The number of allylic oxidation sites excluding steroid dienone is 1. The fourth-order valence-electron chi connectivity index (χ4n) is 1.56. The van der Waals surface area contributed by atoms with Gasteiger partial charge in [-0.3, -0.25) is 0 Å². The van der Waals surface area contributed by atoms with Crippen molar-refractivity contribution in [2.45, 2.75) is 13.8 Å². The first kappa shape index (κ1) is 9.84. The lowest BCUT2D eigenvalue weighted by atomic mass is 10.1. The van der Waals surface area contributed by atoms with Crippen LogP contribution in [-0.2, 0) is 4.74 Å². The van der Waals surface area contributed by atoms with E-state index in [4.69, 9.17) is 9.15 Å². The molecule has 0 bridgehead atoms. The van der Waals surface area contributed by atoms with Gasteiger partial charge in [-0.15, -0.1) is 0 Å². The van der Waals surface area contributed by atoms with Crippen molar-refractivity contribution in [3.8, 4) is 0 Å². The van der Waals surface area contributed by atoms with Gasteiger partial charge in [-0.2, -0.15) is 0 Å². The van der Waals surface area contributed by atoms with E-state index in [-0.39, 0.29) is 0 Å². The lowest BCUT2D eigenvalue weighted by Crippen LogP contribution is -1.79. The Morgan fingerprint density at radius 3 is 2.87 bits per heavy atom. The summed E-state index contributed by atoms with van der Waals surface area (Å²) in [5, 5.41) is 1.14. The van der Waals surface area contributed by atoms with Crippen molar-refractivity contribution >= 4 is 17.0 Å². The van der Waals surface area contributed by atoms with E-state index in [9.17, 15) is 0 Å². The van der Waals surface area contributed by atoms with Crippen LogP contribution in [-0.4, -0.2) is 7.11 Å². The molecule has 0 aliphatic carbocycles. The number of methoxy groups -OCH3 is 1. The number of fused-ring (bicyclic) bond motifs is 1. The second-order valence-electron chi connectivity index (χ2n) is 3.61. The zero-order chi connectivity index (χ0) is 10.8. The van der Waals surface area contributed by atoms with Crippen molar-refractivity contribution in [3.63, 3.8) is 0 Å². The van der Waals surface area contributed by atoms with Gasteiger partial charge in [0.1, 0.15) is 11.3 Å². The van der Waals surface area contributed by atoms with Crippen LogP contribution in [0.5, 0.6) is 0 Å². The van der Waals surface area contributed by atoms with Gasteiger partial charge >= 0.3 is 0 Å². The molecule has 0 aliphatic heterocycles. The molecule has 2 heteroatoms. The van der Waals surface area contributed by atoms with Gasteiger partial charge in [-0.05, 0) is 37.6 Å². The van der Waals surface area contributed by atoms with E-state index < -0.39 is 0 Å². The van der Waals surface area contributed by atoms with Crippen LogP contribution in [0.4, 0.5) is 0 Å². The summed E-state index contributed by atoms with van der Waals surface area (Å²) in [4.78, 5) is 0. The van der Waals surface area contributed by atoms with Gasteiger partial charge in [-0.25, -0.2) is 0 Å². The van der Waals surface area contributed by atoms with Crippen LogP contribution >= 0.6 is 0 Å². The van der Waals surface area contributed by atoms with E-state index in [2.05, 4.69) is 12.1 Å². The highest BCUT2D eigenvalue weighted by molar-refractivity contribution is 5.80. The van der Waals surface area contributed by atoms with Crippen LogP contribution in [0.2, 0.25) is 0 Å². The number of aryl methyl sites for hydroxylation is 1. The van der Waals surface area contributed by atoms with Gasteiger partial charge in [0.05, 0.1) is 12.9 Å². The maximum atomic E-state index is 5.55. The summed E-state index contributed by atoms with van der Waals surface area (Å²) in [7, 11) is 1.67. The lowest BCUT2D eigenvalue weighted by Gasteiger charge is -1.98. The topological polar surface area (TPSA) is 22.4 Å². The van der Waals surface area contributed by atoms with Crippen molar-refractivity contribution < 1.29 is 9.15 Å². The molecule has 2 rings (SSSR count). The maximum Gasteiger partial charge on any atom is 0.134 e. The Hall–Kier alpha value is -1.70. The van der Waals surface area contributed by atoms with Crippen molar-refractivity contribution in [3.05, 3.63) is 41.3 Å². The molecule has 78 valence electrons.